The summed E-state index contributed by atoms with van der Waals surface area (Å²) in [5.41, 5.74) is -5.07. The monoisotopic (exact) mass is 193 g/mol. The Morgan fingerprint density at radius 2 is 1.17 bits per heavy atom. The van der Waals surface area contributed by atoms with Crippen molar-refractivity contribution in [2.75, 3.05) is 0 Å². The van der Waals surface area contributed by atoms with Crippen LogP contribution in [0.3, 0.4) is 0 Å². The molecule has 0 heterocycles. The van der Waals surface area contributed by atoms with Crippen molar-refractivity contribution in [3.05, 3.63) is 12.7 Å². The first-order valence-corrected chi connectivity index (χ1v) is 2.53. The van der Waals surface area contributed by atoms with E-state index < -0.39 is 24.0 Å². The molecule has 0 aliphatic rings. The van der Waals surface area contributed by atoms with Crippen LogP contribution < -0.4 is 5.11 Å². The van der Waals surface area contributed by atoms with Crippen molar-refractivity contribution in [3.63, 3.8) is 0 Å². The second-order valence-corrected chi connectivity index (χ2v) is 1.94. The van der Waals surface area contributed by atoms with Crippen molar-refractivity contribution >= 4 is 0 Å². The van der Waals surface area contributed by atoms with E-state index in [1.807, 2.05) is 0 Å². The van der Waals surface area contributed by atoms with Crippen molar-refractivity contribution in [1.29, 1.82) is 0 Å². The molecule has 0 aromatic carbocycles. The predicted molar refractivity (Wildman–Crippen MR) is 25.0 cm³/mol. The maximum atomic E-state index is 11.5. The molecule has 7 heteroatoms. The van der Waals surface area contributed by atoms with Crippen LogP contribution in [0.25, 0.3) is 0 Å². The molecule has 0 saturated heterocycles. The van der Waals surface area contributed by atoms with Gasteiger partial charge >= 0.3 is 12.4 Å². The fraction of sp³-hybridized carbons (Fsp3) is 0.600. The maximum absolute atomic E-state index is 11.5. The van der Waals surface area contributed by atoms with E-state index in [4.69, 9.17) is 0 Å². The first kappa shape index (κ1) is 11.3. The Morgan fingerprint density at radius 1 is 0.917 bits per heavy atom. The average molecular weight is 193 g/mol. The number of hydrogen-bond acceptors (Lipinski definition) is 1. The zero-order chi connectivity index (χ0) is 10.2. The summed E-state index contributed by atoms with van der Waals surface area (Å²) in [6.07, 6.45) is -12.5. The van der Waals surface area contributed by atoms with Crippen LogP contribution in [0.15, 0.2) is 12.7 Å². The highest BCUT2D eigenvalue weighted by Crippen LogP contribution is 2.41. The molecule has 0 rings (SSSR count). The molecule has 0 N–H and O–H groups in total. The van der Waals surface area contributed by atoms with Gasteiger partial charge in [0.1, 0.15) is 5.60 Å². The van der Waals surface area contributed by atoms with Gasteiger partial charge in [-0.1, -0.05) is 6.08 Å². The van der Waals surface area contributed by atoms with Gasteiger partial charge in [-0.3, -0.25) is 0 Å². The van der Waals surface area contributed by atoms with Gasteiger partial charge in [-0.15, -0.1) is 6.58 Å². The van der Waals surface area contributed by atoms with Gasteiger partial charge in [0.25, 0.3) is 0 Å². The van der Waals surface area contributed by atoms with Crippen LogP contribution >= 0.6 is 0 Å². The summed E-state index contributed by atoms with van der Waals surface area (Å²) in [5, 5.41) is 10.1. The van der Waals surface area contributed by atoms with Crippen LogP contribution in [-0.2, 0) is 0 Å². The maximum Gasteiger partial charge on any atom is 0.391 e. The van der Waals surface area contributed by atoms with Gasteiger partial charge in [0.2, 0.25) is 0 Å². The lowest BCUT2D eigenvalue weighted by molar-refractivity contribution is -0.574. The molecule has 72 valence electrons. The Balaban J connectivity index is 5.09. The molecule has 1 nitrogen and oxygen atoms in total. The van der Waals surface area contributed by atoms with Crippen molar-refractivity contribution in [1.82, 2.24) is 0 Å². The topological polar surface area (TPSA) is 23.1 Å². The van der Waals surface area contributed by atoms with Gasteiger partial charge in [0, 0.05) is 0 Å². The van der Waals surface area contributed by atoms with Gasteiger partial charge in [0.05, 0.1) is 0 Å². The van der Waals surface area contributed by atoms with Gasteiger partial charge in [-0.05, 0) is 0 Å². The van der Waals surface area contributed by atoms with Gasteiger partial charge in [0.15, 0.2) is 0 Å². The predicted octanol–water partition coefficient (Wildman–Crippen LogP) is 1.40. The SMILES string of the molecule is C=CC([O-])(C(F)(F)F)C(F)(F)F. The lowest BCUT2D eigenvalue weighted by Crippen LogP contribution is -2.64. The molecule has 0 amide bonds. The summed E-state index contributed by atoms with van der Waals surface area (Å²) in [4.78, 5) is 0. The summed E-state index contributed by atoms with van der Waals surface area (Å²) in [6, 6.07) is 0. The molecule has 0 bridgehead atoms. The lowest BCUT2D eigenvalue weighted by atomic mass is 10.0. The van der Waals surface area contributed by atoms with Crippen LogP contribution in [0.1, 0.15) is 0 Å². The van der Waals surface area contributed by atoms with E-state index in [1.54, 1.807) is 0 Å². The highest BCUT2D eigenvalue weighted by molar-refractivity contribution is 5.05. The molecule has 0 saturated carbocycles. The molecule has 0 radical (unpaired) electrons. The van der Waals surface area contributed by atoms with E-state index in [9.17, 15) is 31.4 Å². The molecular formula is C5H3F6O-. The van der Waals surface area contributed by atoms with E-state index in [0.717, 1.165) is 0 Å². The van der Waals surface area contributed by atoms with E-state index in [-0.39, 0.29) is 0 Å². The number of hydrogen-bond donors (Lipinski definition) is 0. The lowest BCUT2D eigenvalue weighted by Gasteiger charge is -2.40. The van der Waals surface area contributed by atoms with Crippen LogP contribution in [0.4, 0.5) is 26.3 Å². The third kappa shape index (κ3) is 1.55. The molecule has 0 fully saturated rings. The van der Waals surface area contributed by atoms with E-state index in [0.29, 0.717) is 0 Å². The molecule has 0 atom stereocenters. The van der Waals surface area contributed by atoms with Crippen LogP contribution in [-0.4, -0.2) is 18.0 Å². The minimum absolute atomic E-state index is 0.701. The molecule has 0 spiro atoms. The van der Waals surface area contributed by atoms with Crippen LogP contribution in [0.2, 0.25) is 0 Å². The molecule has 0 aliphatic carbocycles. The molecular weight excluding hydrogens is 190 g/mol. The molecule has 0 aromatic heterocycles. The average Bonchev–Trinajstić information content (AvgIpc) is 1.81. The van der Waals surface area contributed by atoms with Gasteiger partial charge in [-0.25, -0.2) is 0 Å². The summed E-state index contributed by atoms with van der Waals surface area (Å²) in [6.45, 7) is 2.21. The smallest absolute Gasteiger partial charge is 0.391 e. The summed E-state index contributed by atoms with van der Waals surface area (Å²) in [7, 11) is 0. The third-order valence-electron chi connectivity index (χ3n) is 1.13. The number of rotatable bonds is 1. The second-order valence-electron chi connectivity index (χ2n) is 1.94. The highest BCUT2D eigenvalue weighted by Gasteiger charge is 2.60. The minimum Gasteiger partial charge on any atom is -0.833 e. The Kier molecular flexibility index (Phi) is 2.49. The fourth-order valence-corrected chi connectivity index (χ4v) is 0.392. The summed E-state index contributed by atoms with van der Waals surface area (Å²) in [5.74, 6) is 0. The Bertz CT molecular complexity index is 163. The third-order valence-corrected chi connectivity index (χ3v) is 1.13. The van der Waals surface area contributed by atoms with Crippen molar-refractivity contribution in [2.24, 2.45) is 0 Å². The normalized spacial score (nSPS) is 14.6. The minimum atomic E-state index is -5.91. The quantitative estimate of drug-likeness (QED) is 0.456. The molecule has 0 aliphatic heterocycles. The molecule has 0 aromatic rings. The zero-order valence-corrected chi connectivity index (χ0v) is 5.46. The number of halogens is 6. The zero-order valence-electron chi connectivity index (χ0n) is 5.46. The van der Waals surface area contributed by atoms with Gasteiger partial charge in [-0.2, -0.15) is 26.3 Å². The molecule has 12 heavy (non-hydrogen) atoms. The van der Waals surface area contributed by atoms with Crippen molar-refractivity contribution < 1.29 is 31.4 Å². The Morgan fingerprint density at radius 3 is 1.17 bits per heavy atom. The van der Waals surface area contributed by atoms with E-state index >= 15 is 0 Å². The Hall–Kier alpha value is -0.720. The van der Waals surface area contributed by atoms with E-state index in [1.165, 1.54) is 0 Å². The van der Waals surface area contributed by atoms with Crippen molar-refractivity contribution in [3.8, 4) is 0 Å². The molecule has 0 unspecified atom stereocenters. The van der Waals surface area contributed by atoms with E-state index in [2.05, 4.69) is 6.58 Å². The highest BCUT2D eigenvalue weighted by atomic mass is 19.4. The van der Waals surface area contributed by atoms with Gasteiger partial charge < -0.3 is 5.11 Å². The fourth-order valence-electron chi connectivity index (χ4n) is 0.392. The second kappa shape index (κ2) is 2.65. The van der Waals surface area contributed by atoms with Crippen molar-refractivity contribution in [2.45, 2.75) is 18.0 Å². The van der Waals surface area contributed by atoms with Crippen LogP contribution in [0.5, 0.6) is 0 Å². The summed E-state index contributed by atoms with van der Waals surface area (Å²) < 4.78 is 69.0. The largest absolute Gasteiger partial charge is 0.833 e. The number of alkyl halides is 6. The van der Waals surface area contributed by atoms with Crippen LogP contribution in [0, 0.1) is 0 Å². The standard InChI is InChI=1S/C5H3F6O/c1-2-3(12,4(6,7)8)5(9,10)11/h2H,1H2/q-1. The first-order valence-electron chi connectivity index (χ1n) is 2.53. The first-order chi connectivity index (χ1) is 5.06. The summed E-state index contributed by atoms with van der Waals surface area (Å²) >= 11 is 0. The Labute approximate surface area is 63.3 Å².